The maximum absolute atomic E-state index is 5.20. The van der Waals surface area contributed by atoms with Crippen LogP contribution < -0.4 is 10.1 Å². The third kappa shape index (κ3) is 2.20. The Bertz CT molecular complexity index is 772. The second kappa shape index (κ2) is 5.09. The second-order valence-corrected chi connectivity index (χ2v) is 5.00. The topological polar surface area (TPSA) is 73.1 Å². The minimum atomic E-state index is 0.465. The Labute approximate surface area is 123 Å². The van der Waals surface area contributed by atoms with Gasteiger partial charge in [-0.3, -0.25) is 0 Å². The van der Waals surface area contributed by atoms with Crippen molar-refractivity contribution in [3.63, 3.8) is 0 Å². The van der Waals surface area contributed by atoms with Crippen molar-refractivity contribution in [3.8, 4) is 5.75 Å². The fourth-order valence-corrected chi connectivity index (χ4v) is 2.44. The Morgan fingerprint density at radius 1 is 1.30 bits per heavy atom. The molecule has 0 aliphatic carbocycles. The minimum Gasteiger partial charge on any atom is -0.496 e. The van der Waals surface area contributed by atoms with E-state index in [0.29, 0.717) is 11.5 Å². The number of aromatic nitrogens is 3. The van der Waals surface area contributed by atoms with Gasteiger partial charge in [0.2, 0.25) is 0 Å². The number of rotatable bonds is 3. The van der Waals surface area contributed by atoms with E-state index in [-0.39, 0.29) is 0 Å². The highest BCUT2D eigenvalue weighted by Gasteiger charge is 2.12. The molecule has 7 heteroatoms. The molecule has 0 radical (unpaired) electrons. The predicted octanol–water partition coefficient (Wildman–Crippen LogP) is 3.44. The van der Waals surface area contributed by atoms with E-state index in [0.717, 1.165) is 27.0 Å². The summed E-state index contributed by atoms with van der Waals surface area (Å²) in [5, 5.41) is 7.90. The molecule has 3 rings (SSSR count). The zero-order valence-electron chi connectivity index (χ0n) is 10.8. The molecule has 0 bridgehead atoms. The largest absolute Gasteiger partial charge is 0.496 e. The summed E-state index contributed by atoms with van der Waals surface area (Å²) in [6.07, 6.45) is 1.44. The van der Waals surface area contributed by atoms with Gasteiger partial charge in [-0.25, -0.2) is 4.98 Å². The van der Waals surface area contributed by atoms with Crippen molar-refractivity contribution in [2.75, 3.05) is 12.4 Å². The summed E-state index contributed by atoms with van der Waals surface area (Å²) in [4.78, 5) is 8.28. The van der Waals surface area contributed by atoms with Gasteiger partial charge in [0.05, 0.1) is 17.3 Å². The van der Waals surface area contributed by atoms with Crippen molar-refractivity contribution in [3.05, 3.63) is 34.7 Å². The van der Waals surface area contributed by atoms with Crippen molar-refractivity contribution < 1.29 is 9.26 Å². The highest BCUT2D eigenvalue weighted by Crippen LogP contribution is 2.31. The smallest absolute Gasteiger partial charge is 0.263 e. The van der Waals surface area contributed by atoms with Gasteiger partial charge in [0.1, 0.15) is 23.3 Å². The van der Waals surface area contributed by atoms with E-state index in [9.17, 15) is 0 Å². The molecule has 0 amide bonds. The van der Waals surface area contributed by atoms with Gasteiger partial charge in [-0.1, -0.05) is 5.16 Å². The summed E-state index contributed by atoms with van der Waals surface area (Å²) in [5.74, 6) is 1.43. The van der Waals surface area contributed by atoms with Crippen LogP contribution in [0.25, 0.3) is 11.1 Å². The van der Waals surface area contributed by atoms with Crippen LogP contribution in [0, 0.1) is 6.92 Å². The molecule has 1 N–H and O–H groups in total. The quantitative estimate of drug-likeness (QED) is 0.790. The Morgan fingerprint density at radius 2 is 2.15 bits per heavy atom. The van der Waals surface area contributed by atoms with Crippen LogP contribution in [-0.4, -0.2) is 22.2 Å². The van der Waals surface area contributed by atoms with Crippen molar-refractivity contribution >= 4 is 38.5 Å². The van der Waals surface area contributed by atoms with Crippen LogP contribution in [0.5, 0.6) is 5.75 Å². The number of nitrogens with zero attached hydrogens (tertiary/aromatic N) is 3. The molecule has 0 aliphatic heterocycles. The number of hydrogen-bond acceptors (Lipinski definition) is 6. The summed E-state index contributed by atoms with van der Waals surface area (Å²) >= 11 is 3.45. The van der Waals surface area contributed by atoms with Crippen molar-refractivity contribution in [1.82, 2.24) is 15.1 Å². The monoisotopic (exact) mass is 334 g/mol. The molecular weight excluding hydrogens is 324 g/mol. The number of fused-ring (bicyclic) bond motifs is 1. The number of halogens is 1. The Balaban J connectivity index is 2.01. The third-order valence-corrected chi connectivity index (χ3v) is 3.48. The first kappa shape index (κ1) is 12.9. The molecule has 102 valence electrons. The van der Waals surface area contributed by atoms with Gasteiger partial charge in [0, 0.05) is 5.69 Å². The van der Waals surface area contributed by atoms with E-state index < -0.39 is 0 Å². The number of aryl methyl sites for hydroxylation is 1. The number of methoxy groups -OCH3 is 1. The zero-order chi connectivity index (χ0) is 14.1. The molecule has 6 nitrogen and oxygen atoms in total. The lowest BCUT2D eigenvalue weighted by atomic mass is 10.2. The first-order valence-electron chi connectivity index (χ1n) is 5.86. The minimum absolute atomic E-state index is 0.465. The molecule has 0 atom stereocenters. The van der Waals surface area contributed by atoms with Gasteiger partial charge in [0.25, 0.3) is 5.71 Å². The fraction of sp³-hybridized carbons (Fsp3) is 0.154. The number of nitrogens with one attached hydrogen (secondary N) is 1. The number of anilines is 2. The van der Waals surface area contributed by atoms with Crippen LogP contribution in [0.3, 0.4) is 0 Å². The lowest BCUT2D eigenvalue weighted by molar-refractivity contribution is 0.412. The van der Waals surface area contributed by atoms with E-state index in [1.54, 1.807) is 7.11 Å². The summed E-state index contributed by atoms with van der Waals surface area (Å²) in [5.41, 5.74) is 2.08. The zero-order valence-corrected chi connectivity index (χ0v) is 12.4. The Hall–Kier alpha value is -2.15. The predicted molar refractivity (Wildman–Crippen MR) is 78.3 cm³/mol. The molecule has 0 aliphatic rings. The maximum Gasteiger partial charge on any atom is 0.263 e. The number of benzene rings is 1. The van der Waals surface area contributed by atoms with Crippen molar-refractivity contribution in [2.24, 2.45) is 0 Å². The van der Waals surface area contributed by atoms with E-state index in [4.69, 9.17) is 9.26 Å². The van der Waals surface area contributed by atoms with Gasteiger partial charge in [-0.2, -0.15) is 4.98 Å². The van der Waals surface area contributed by atoms with Crippen LogP contribution in [-0.2, 0) is 0 Å². The standard InChI is InChI=1S/C13H11BrN4O2/c1-7-11-12(15-6-16-13(11)20-18-7)17-8-3-4-10(19-2)9(14)5-8/h3-6H,1-2H3,(H,15,16,17). The van der Waals surface area contributed by atoms with Gasteiger partial charge >= 0.3 is 0 Å². The molecular formula is C13H11BrN4O2. The summed E-state index contributed by atoms with van der Waals surface area (Å²) < 4.78 is 11.2. The van der Waals surface area contributed by atoms with Crippen molar-refractivity contribution in [1.29, 1.82) is 0 Å². The maximum atomic E-state index is 5.20. The normalized spacial score (nSPS) is 10.8. The van der Waals surface area contributed by atoms with Crippen molar-refractivity contribution in [2.45, 2.75) is 6.92 Å². The summed E-state index contributed by atoms with van der Waals surface area (Å²) in [6.45, 7) is 1.85. The van der Waals surface area contributed by atoms with Crippen LogP contribution in [0.15, 0.2) is 33.5 Å². The summed E-state index contributed by atoms with van der Waals surface area (Å²) in [6, 6.07) is 5.68. The van der Waals surface area contributed by atoms with Crippen LogP contribution in [0.1, 0.15) is 5.69 Å². The third-order valence-electron chi connectivity index (χ3n) is 2.86. The van der Waals surface area contributed by atoms with Gasteiger partial charge in [0.15, 0.2) is 0 Å². The molecule has 2 aromatic heterocycles. The molecule has 0 saturated carbocycles. The molecule has 0 saturated heterocycles. The van der Waals surface area contributed by atoms with E-state index in [1.807, 2.05) is 25.1 Å². The highest BCUT2D eigenvalue weighted by atomic mass is 79.9. The number of hydrogen-bond donors (Lipinski definition) is 1. The highest BCUT2D eigenvalue weighted by molar-refractivity contribution is 9.10. The summed E-state index contributed by atoms with van der Waals surface area (Å²) in [7, 11) is 1.63. The Kier molecular flexibility index (Phi) is 3.27. The molecule has 0 spiro atoms. The first-order valence-corrected chi connectivity index (χ1v) is 6.66. The van der Waals surface area contributed by atoms with Gasteiger partial charge in [-0.05, 0) is 41.1 Å². The average Bonchev–Trinajstić information content (AvgIpc) is 2.82. The average molecular weight is 335 g/mol. The first-order chi connectivity index (χ1) is 9.69. The fourth-order valence-electron chi connectivity index (χ4n) is 1.90. The molecule has 2 heterocycles. The number of ether oxygens (including phenoxy) is 1. The van der Waals surface area contributed by atoms with E-state index >= 15 is 0 Å². The van der Waals surface area contributed by atoms with Crippen LogP contribution in [0.4, 0.5) is 11.5 Å². The van der Waals surface area contributed by atoms with Gasteiger partial charge in [-0.15, -0.1) is 0 Å². The lowest BCUT2D eigenvalue weighted by Crippen LogP contribution is -1.96. The lowest BCUT2D eigenvalue weighted by Gasteiger charge is -2.08. The molecule has 1 aromatic carbocycles. The molecule has 3 aromatic rings. The molecule has 20 heavy (non-hydrogen) atoms. The van der Waals surface area contributed by atoms with E-state index in [1.165, 1.54) is 6.33 Å². The van der Waals surface area contributed by atoms with E-state index in [2.05, 4.69) is 36.4 Å². The van der Waals surface area contributed by atoms with Gasteiger partial charge < -0.3 is 14.6 Å². The molecule has 0 unspecified atom stereocenters. The Morgan fingerprint density at radius 3 is 2.90 bits per heavy atom. The second-order valence-electron chi connectivity index (χ2n) is 4.14. The SMILES string of the molecule is COc1ccc(Nc2ncnc3onc(C)c23)cc1Br. The van der Waals surface area contributed by atoms with Crippen LogP contribution in [0.2, 0.25) is 0 Å². The van der Waals surface area contributed by atoms with Crippen LogP contribution >= 0.6 is 15.9 Å². The molecule has 0 fully saturated rings.